The van der Waals surface area contributed by atoms with Crippen molar-refractivity contribution in [2.45, 2.75) is 13.0 Å². The molecule has 0 spiro atoms. The molecule has 0 aliphatic rings. The zero-order chi connectivity index (χ0) is 10.6. The Hall–Kier alpha value is -1.42. The fraction of sp³-hybridized carbons (Fsp3) is 0.222. The van der Waals surface area contributed by atoms with Gasteiger partial charge in [-0.25, -0.2) is 0 Å². The van der Waals surface area contributed by atoms with Crippen LogP contribution in [0.5, 0.6) is 5.75 Å². The Morgan fingerprint density at radius 2 is 2.07 bits per heavy atom. The molecule has 0 heterocycles. The molecule has 76 valence electrons. The second-order valence-corrected chi connectivity index (χ2v) is 3.18. The summed E-state index contributed by atoms with van der Waals surface area (Å²) in [5, 5.41) is 11.9. The lowest BCUT2D eigenvalue weighted by molar-refractivity contribution is 0.265. The maximum absolute atomic E-state index is 8.39. The Bertz CT molecular complexity index is 324. The molecule has 0 aromatic heterocycles. The maximum atomic E-state index is 8.39. The SMILES string of the molecule is C[C@@H](Oc1ccc(Cl)cc1)C(N)=NO. The van der Waals surface area contributed by atoms with E-state index in [0.717, 1.165) is 0 Å². The second kappa shape index (κ2) is 4.72. The van der Waals surface area contributed by atoms with E-state index in [4.69, 9.17) is 27.3 Å². The van der Waals surface area contributed by atoms with Crippen molar-refractivity contribution in [3.05, 3.63) is 29.3 Å². The first-order valence-electron chi connectivity index (χ1n) is 4.03. The van der Waals surface area contributed by atoms with Gasteiger partial charge in [-0.15, -0.1) is 0 Å². The van der Waals surface area contributed by atoms with Gasteiger partial charge in [-0.3, -0.25) is 0 Å². The van der Waals surface area contributed by atoms with Crippen LogP contribution in [0.15, 0.2) is 29.4 Å². The minimum Gasteiger partial charge on any atom is -0.483 e. The van der Waals surface area contributed by atoms with Crippen LogP contribution in [-0.4, -0.2) is 17.1 Å². The summed E-state index contributed by atoms with van der Waals surface area (Å²) in [7, 11) is 0. The zero-order valence-electron chi connectivity index (χ0n) is 7.64. The Balaban J connectivity index is 2.65. The molecular formula is C9H11ClN2O2. The normalized spacial score (nSPS) is 13.7. The van der Waals surface area contributed by atoms with Crippen molar-refractivity contribution in [3.63, 3.8) is 0 Å². The van der Waals surface area contributed by atoms with Crippen molar-refractivity contribution in [1.29, 1.82) is 0 Å². The first-order chi connectivity index (χ1) is 6.63. The maximum Gasteiger partial charge on any atom is 0.180 e. The molecule has 1 aromatic rings. The Morgan fingerprint density at radius 3 is 2.57 bits per heavy atom. The minimum atomic E-state index is -0.471. The standard InChI is InChI=1S/C9H11ClN2O2/c1-6(9(11)12-13)14-8-4-2-7(10)3-5-8/h2-6,13H,1H3,(H2,11,12)/t6-/m1/s1. The minimum absolute atomic E-state index is 0.0277. The van der Waals surface area contributed by atoms with E-state index in [2.05, 4.69) is 5.16 Å². The smallest absolute Gasteiger partial charge is 0.180 e. The van der Waals surface area contributed by atoms with Crippen LogP contribution in [0.4, 0.5) is 0 Å². The van der Waals surface area contributed by atoms with Crippen molar-refractivity contribution < 1.29 is 9.94 Å². The quantitative estimate of drug-likeness (QED) is 0.349. The van der Waals surface area contributed by atoms with Crippen LogP contribution in [0.25, 0.3) is 0 Å². The van der Waals surface area contributed by atoms with E-state index < -0.39 is 6.10 Å². The molecular weight excluding hydrogens is 204 g/mol. The highest BCUT2D eigenvalue weighted by Crippen LogP contribution is 2.16. The number of amidine groups is 1. The molecule has 0 saturated carbocycles. The molecule has 0 unspecified atom stereocenters. The number of oxime groups is 1. The lowest BCUT2D eigenvalue weighted by Gasteiger charge is -2.12. The molecule has 0 amide bonds. The van der Waals surface area contributed by atoms with Crippen molar-refractivity contribution in [1.82, 2.24) is 0 Å². The molecule has 0 bridgehead atoms. The lowest BCUT2D eigenvalue weighted by Crippen LogP contribution is -2.31. The number of hydrogen-bond donors (Lipinski definition) is 2. The van der Waals surface area contributed by atoms with E-state index in [1.807, 2.05) is 0 Å². The molecule has 1 rings (SSSR count). The molecule has 0 aliphatic heterocycles. The Morgan fingerprint density at radius 1 is 1.50 bits per heavy atom. The third-order valence-electron chi connectivity index (χ3n) is 1.66. The van der Waals surface area contributed by atoms with Crippen LogP contribution >= 0.6 is 11.6 Å². The van der Waals surface area contributed by atoms with Crippen LogP contribution in [0.3, 0.4) is 0 Å². The van der Waals surface area contributed by atoms with Gasteiger partial charge in [0.05, 0.1) is 0 Å². The molecule has 4 nitrogen and oxygen atoms in total. The first-order valence-corrected chi connectivity index (χ1v) is 4.41. The van der Waals surface area contributed by atoms with E-state index in [-0.39, 0.29) is 5.84 Å². The summed E-state index contributed by atoms with van der Waals surface area (Å²) in [5.74, 6) is 0.647. The zero-order valence-corrected chi connectivity index (χ0v) is 8.40. The number of rotatable bonds is 3. The summed E-state index contributed by atoms with van der Waals surface area (Å²) in [6.45, 7) is 1.68. The predicted molar refractivity (Wildman–Crippen MR) is 55.0 cm³/mol. The highest BCUT2D eigenvalue weighted by Gasteiger charge is 2.08. The lowest BCUT2D eigenvalue weighted by atomic mass is 10.3. The topological polar surface area (TPSA) is 67.8 Å². The van der Waals surface area contributed by atoms with Gasteiger partial charge in [0.1, 0.15) is 5.75 Å². The van der Waals surface area contributed by atoms with Crippen LogP contribution < -0.4 is 10.5 Å². The van der Waals surface area contributed by atoms with Gasteiger partial charge >= 0.3 is 0 Å². The Labute approximate surface area is 86.9 Å². The fourth-order valence-electron chi connectivity index (χ4n) is 0.859. The predicted octanol–water partition coefficient (Wildman–Crippen LogP) is 1.85. The molecule has 1 atom stereocenters. The monoisotopic (exact) mass is 214 g/mol. The van der Waals surface area contributed by atoms with E-state index in [1.54, 1.807) is 31.2 Å². The summed E-state index contributed by atoms with van der Waals surface area (Å²) in [6.07, 6.45) is -0.471. The van der Waals surface area contributed by atoms with Crippen LogP contribution in [-0.2, 0) is 0 Å². The van der Waals surface area contributed by atoms with Gasteiger partial charge in [0.15, 0.2) is 11.9 Å². The molecule has 0 radical (unpaired) electrons. The summed E-state index contributed by atoms with van der Waals surface area (Å²) < 4.78 is 5.35. The van der Waals surface area contributed by atoms with Gasteiger partial charge in [-0.05, 0) is 31.2 Å². The third kappa shape index (κ3) is 2.81. The fourth-order valence-corrected chi connectivity index (χ4v) is 0.985. The molecule has 1 aromatic carbocycles. The highest BCUT2D eigenvalue weighted by molar-refractivity contribution is 6.30. The third-order valence-corrected chi connectivity index (χ3v) is 1.91. The summed E-state index contributed by atoms with van der Waals surface area (Å²) in [6, 6.07) is 6.83. The second-order valence-electron chi connectivity index (χ2n) is 2.74. The first kappa shape index (κ1) is 10.7. The highest BCUT2D eigenvalue weighted by atomic mass is 35.5. The van der Waals surface area contributed by atoms with Crippen molar-refractivity contribution >= 4 is 17.4 Å². The van der Waals surface area contributed by atoms with Gasteiger partial charge in [-0.2, -0.15) is 0 Å². The molecule has 0 fully saturated rings. The molecule has 0 aliphatic carbocycles. The number of benzene rings is 1. The summed E-state index contributed by atoms with van der Waals surface area (Å²) >= 11 is 5.69. The molecule has 0 saturated heterocycles. The summed E-state index contributed by atoms with van der Waals surface area (Å²) in [5.41, 5.74) is 5.34. The Kier molecular flexibility index (Phi) is 3.59. The average Bonchev–Trinajstić information content (AvgIpc) is 2.20. The number of hydrogen-bond acceptors (Lipinski definition) is 3. The van der Waals surface area contributed by atoms with Gasteiger partial charge in [0.25, 0.3) is 0 Å². The van der Waals surface area contributed by atoms with E-state index in [9.17, 15) is 0 Å². The van der Waals surface area contributed by atoms with Crippen molar-refractivity contribution in [3.8, 4) is 5.75 Å². The average molecular weight is 215 g/mol. The number of nitrogens with two attached hydrogens (primary N) is 1. The van der Waals surface area contributed by atoms with Crippen LogP contribution in [0.1, 0.15) is 6.92 Å². The number of halogens is 1. The van der Waals surface area contributed by atoms with Crippen molar-refractivity contribution in [2.75, 3.05) is 0 Å². The van der Waals surface area contributed by atoms with Crippen molar-refractivity contribution in [2.24, 2.45) is 10.9 Å². The van der Waals surface area contributed by atoms with Gasteiger partial charge < -0.3 is 15.7 Å². The molecule has 14 heavy (non-hydrogen) atoms. The largest absolute Gasteiger partial charge is 0.483 e. The number of nitrogens with zero attached hydrogens (tertiary/aromatic N) is 1. The van der Waals surface area contributed by atoms with Crippen LogP contribution in [0.2, 0.25) is 5.02 Å². The molecule has 3 N–H and O–H groups in total. The van der Waals surface area contributed by atoms with Crippen LogP contribution in [0, 0.1) is 0 Å². The van der Waals surface area contributed by atoms with E-state index >= 15 is 0 Å². The molecule has 5 heteroatoms. The number of ether oxygens (including phenoxy) is 1. The van der Waals surface area contributed by atoms with Gasteiger partial charge in [0, 0.05) is 5.02 Å². The van der Waals surface area contributed by atoms with E-state index in [1.165, 1.54) is 0 Å². The van der Waals surface area contributed by atoms with Gasteiger partial charge in [-0.1, -0.05) is 16.8 Å². The summed E-state index contributed by atoms with van der Waals surface area (Å²) in [4.78, 5) is 0. The van der Waals surface area contributed by atoms with E-state index in [0.29, 0.717) is 10.8 Å². The van der Waals surface area contributed by atoms with Gasteiger partial charge in [0.2, 0.25) is 0 Å².